The number of amides is 1. The van der Waals surface area contributed by atoms with Gasteiger partial charge in [-0.15, -0.1) is 28.3 Å². The minimum atomic E-state index is -0.717. The first-order valence-electron chi connectivity index (χ1n) is 9.73. The molecule has 1 aliphatic carbocycles. The summed E-state index contributed by atoms with van der Waals surface area (Å²) < 4.78 is 0. The van der Waals surface area contributed by atoms with Crippen LogP contribution in [0.3, 0.4) is 0 Å². The van der Waals surface area contributed by atoms with E-state index in [0.717, 1.165) is 73.6 Å². The number of rotatable bonds is 6. The topological polar surface area (TPSA) is 91.3 Å². The number of carboxylic acids is 1. The number of carboxylic acid groups (broad SMARTS) is 1. The van der Waals surface area contributed by atoms with Crippen molar-refractivity contribution < 1.29 is 14.7 Å². The summed E-state index contributed by atoms with van der Waals surface area (Å²) in [7, 11) is 0. The molecular formula is C19H30BrN3O3S. The fraction of sp³-hybridized carbons (Fsp3) is 0.737. The van der Waals surface area contributed by atoms with Gasteiger partial charge in [0.1, 0.15) is 4.88 Å². The zero-order valence-electron chi connectivity index (χ0n) is 15.8. The van der Waals surface area contributed by atoms with Crippen LogP contribution in [-0.2, 0) is 4.79 Å². The van der Waals surface area contributed by atoms with Crippen LogP contribution < -0.4 is 10.6 Å². The summed E-state index contributed by atoms with van der Waals surface area (Å²) in [4.78, 5) is 28.8. The third-order valence-corrected chi connectivity index (χ3v) is 6.97. The molecule has 2 aliphatic rings. The molecule has 2 heterocycles. The molecule has 0 unspecified atom stereocenters. The van der Waals surface area contributed by atoms with Crippen molar-refractivity contribution in [3.8, 4) is 0 Å². The lowest BCUT2D eigenvalue weighted by Gasteiger charge is -2.28. The number of thiazole rings is 1. The molecule has 0 atom stereocenters. The minimum absolute atomic E-state index is 0. The number of aliphatic carboxylic acids is 1. The standard InChI is InChI=1S/C19H29N3O3S.BrH/c1-12-17(26-19(21-12)14-8-10-20-11-9-14)18(25)22-15-5-2-13(3-6-15)4-7-16(23)24;/h13-15,20H,2-11H2,1H3,(H,22,25)(H,23,24);1H. The van der Waals surface area contributed by atoms with Gasteiger partial charge in [0.25, 0.3) is 5.91 Å². The number of aryl methyl sites for hydroxylation is 1. The number of halogens is 1. The van der Waals surface area contributed by atoms with Gasteiger partial charge in [0.05, 0.1) is 10.7 Å². The van der Waals surface area contributed by atoms with Gasteiger partial charge in [-0.05, 0) is 70.9 Å². The fourth-order valence-electron chi connectivity index (χ4n) is 4.05. The Kier molecular flexibility index (Phi) is 8.69. The number of nitrogens with zero attached hydrogens (tertiary/aromatic N) is 1. The molecule has 152 valence electrons. The van der Waals surface area contributed by atoms with Crippen molar-refractivity contribution >= 4 is 40.2 Å². The number of hydrogen-bond donors (Lipinski definition) is 3. The van der Waals surface area contributed by atoms with E-state index in [1.54, 1.807) is 11.3 Å². The van der Waals surface area contributed by atoms with Gasteiger partial charge in [0.2, 0.25) is 0 Å². The Morgan fingerprint density at radius 2 is 1.85 bits per heavy atom. The molecule has 6 nitrogen and oxygen atoms in total. The van der Waals surface area contributed by atoms with E-state index in [4.69, 9.17) is 5.11 Å². The first kappa shape index (κ1) is 22.3. The van der Waals surface area contributed by atoms with Crippen LogP contribution in [0.15, 0.2) is 0 Å². The highest BCUT2D eigenvalue weighted by molar-refractivity contribution is 8.93. The average Bonchev–Trinajstić information content (AvgIpc) is 3.04. The Hall–Kier alpha value is -0.990. The van der Waals surface area contributed by atoms with Crippen molar-refractivity contribution in [3.05, 3.63) is 15.6 Å². The van der Waals surface area contributed by atoms with Gasteiger partial charge < -0.3 is 15.7 Å². The van der Waals surface area contributed by atoms with E-state index < -0.39 is 5.97 Å². The highest BCUT2D eigenvalue weighted by Gasteiger charge is 2.26. The summed E-state index contributed by atoms with van der Waals surface area (Å²) in [6.45, 7) is 3.98. The lowest BCUT2D eigenvalue weighted by Crippen LogP contribution is -2.37. The Morgan fingerprint density at radius 1 is 1.19 bits per heavy atom. The summed E-state index contributed by atoms with van der Waals surface area (Å²) in [6.07, 6.45) is 7.07. The molecule has 0 aromatic carbocycles. The number of piperidine rings is 1. The van der Waals surface area contributed by atoms with Crippen LogP contribution in [-0.4, -0.2) is 41.1 Å². The maximum atomic E-state index is 12.7. The second-order valence-electron chi connectivity index (χ2n) is 7.61. The summed E-state index contributed by atoms with van der Waals surface area (Å²) in [5.41, 5.74) is 0.844. The maximum absolute atomic E-state index is 12.7. The van der Waals surface area contributed by atoms with Gasteiger partial charge in [-0.3, -0.25) is 9.59 Å². The van der Waals surface area contributed by atoms with Crippen molar-refractivity contribution in [1.29, 1.82) is 0 Å². The normalized spacial score (nSPS) is 23.4. The number of carbonyl (C=O) groups is 2. The number of carbonyl (C=O) groups excluding carboxylic acids is 1. The molecule has 27 heavy (non-hydrogen) atoms. The Morgan fingerprint density at radius 3 is 2.48 bits per heavy atom. The quantitative estimate of drug-likeness (QED) is 0.603. The smallest absolute Gasteiger partial charge is 0.303 e. The summed E-state index contributed by atoms with van der Waals surface area (Å²) in [5.74, 6) is 0.252. The van der Waals surface area contributed by atoms with Gasteiger partial charge in [0.15, 0.2) is 0 Å². The number of aromatic nitrogens is 1. The summed E-state index contributed by atoms with van der Waals surface area (Å²) in [6, 6.07) is 0.201. The Bertz CT molecular complexity index is 638. The first-order chi connectivity index (χ1) is 12.5. The highest BCUT2D eigenvalue weighted by Crippen LogP contribution is 2.32. The molecule has 0 spiro atoms. The van der Waals surface area contributed by atoms with E-state index in [1.165, 1.54) is 0 Å². The van der Waals surface area contributed by atoms with Crippen LogP contribution in [0.1, 0.15) is 77.7 Å². The first-order valence-corrected chi connectivity index (χ1v) is 10.5. The van der Waals surface area contributed by atoms with E-state index in [-0.39, 0.29) is 35.4 Å². The molecule has 3 N–H and O–H groups in total. The number of hydrogen-bond acceptors (Lipinski definition) is 5. The van der Waals surface area contributed by atoms with Crippen molar-refractivity contribution in [1.82, 2.24) is 15.6 Å². The molecule has 1 saturated heterocycles. The van der Waals surface area contributed by atoms with Gasteiger partial charge in [0, 0.05) is 18.4 Å². The summed E-state index contributed by atoms with van der Waals surface area (Å²) in [5, 5.41) is 16.4. The van der Waals surface area contributed by atoms with Gasteiger partial charge in [-0.25, -0.2) is 4.98 Å². The van der Waals surface area contributed by atoms with Gasteiger partial charge in [-0.2, -0.15) is 0 Å². The maximum Gasteiger partial charge on any atom is 0.303 e. The average molecular weight is 460 g/mol. The van der Waals surface area contributed by atoms with Crippen molar-refractivity contribution in [2.24, 2.45) is 5.92 Å². The molecule has 0 radical (unpaired) electrons. The van der Waals surface area contributed by atoms with Gasteiger partial charge in [-0.1, -0.05) is 0 Å². The van der Waals surface area contributed by atoms with Crippen LogP contribution in [0.25, 0.3) is 0 Å². The van der Waals surface area contributed by atoms with Crippen molar-refractivity contribution in [2.75, 3.05) is 13.1 Å². The second-order valence-corrected chi connectivity index (χ2v) is 8.65. The SMILES string of the molecule is Br.Cc1nc(C2CCNCC2)sc1C(=O)NC1CCC(CCC(=O)O)CC1. The van der Waals surface area contributed by atoms with Crippen LogP contribution in [0.4, 0.5) is 0 Å². The van der Waals surface area contributed by atoms with E-state index in [2.05, 4.69) is 15.6 Å². The zero-order chi connectivity index (χ0) is 18.5. The lowest BCUT2D eigenvalue weighted by atomic mass is 9.83. The van der Waals surface area contributed by atoms with E-state index >= 15 is 0 Å². The third-order valence-electron chi connectivity index (χ3n) is 5.66. The van der Waals surface area contributed by atoms with Crippen LogP contribution in [0.5, 0.6) is 0 Å². The van der Waals surface area contributed by atoms with Crippen LogP contribution in [0, 0.1) is 12.8 Å². The fourth-order valence-corrected chi connectivity index (χ4v) is 5.18. The molecule has 1 aromatic heterocycles. The monoisotopic (exact) mass is 459 g/mol. The molecule has 8 heteroatoms. The van der Waals surface area contributed by atoms with E-state index in [1.807, 2.05) is 6.92 Å². The lowest BCUT2D eigenvalue weighted by molar-refractivity contribution is -0.137. The second kappa shape index (κ2) is 10.5. The summed E-state index contributed by atoms with van der Waals surface area (Å²) >= 11 is 1.56. The largest absolute Gasteiger partial charge is 0.481 e. The van der Waals surface area contributed by atoms with Gasteiger partial charge >= 0.3 is 5.97 Å². The number of nitrogens with one attached hydrogen (secondary N) is 2. The molecule has 0 bridgehead atoms. The van der Waals surface area contributed by atoms with Crippen molar-refractivity contribution in [3.63, 3.8) is 0 Å². The third kappa shape index (κ3) is 6.26. The predicted octanol–water partition coefficient (Wildman–Crippen LogP) is 3.65. The highest BCUT2D eigenvalue weighted by atomic mass is 79.9. The molecule has 1 amide bonds. The molecule has 1 aliphatic heterocycles. The van der Waals surface area contributed by atoms with E-state index in [0.29, 0.717) is 11.8 Å². The Labute approximate surface area is 175 Å². The predicted molar refractivity (Wildman–Crippen MR) is 112 cm³/mol. The molecule has 2 fully saturated rings. The van der Waals surface area contributed by atoms with E-state index in [9.17, 15) is 9.59 Å². The molecule has 1 aromatic rings. The molecule has 1 saturated carbocycles. The minimum Gasteiger partial charge on any atom is -0.481 e. The Balaban J connectivity index is 0.00000261. The molecule has 3 rings (SSSR count). The molecular weight excluding hydrogens is 430 g/mol. The zero-order valence-corrected chi connectivity index (χ0v) is 18.4. The van der Waals surface area contributed by atoms with Crippen LogP contribution in [0.2, 0.25) is 0 Å². The van der Waals surface area contributed by atoms with Crippen molar-refractivity contribution in [2.45, 2.75) is 70.3 Å². The van der Waals surface area contributed by atoms with Crippen LogP contribution >= 0.6 is 28.3 Å².